The van der Waals surface area contributed by atoms with Crippen molar-refractivity contribution in [1.29, 1.82) is 0 Å². The van der Waals surface area contributed by atoms with Gasteiger partial charge in [0, 0.05) is 17.5 Å². The molecule has 2 rings (SSSR count). The summed E-state index contributed by atoms with van der Waals surface area (Å²) in [5.41, 5.74) is 0.688. The van der Waals surface area contributed by atoms with E-state index in [2.05, 4.69) is 5.32 Å². The Morgan fingerprint density at radius 2 is 2.05 bits per heavy atom. The maximum atomic E-state index is 11.5. The predicted molar refractivity (Wildman–Crippen MR) is 78.8 cm³/mol. The topological polar surface area (TPSA) is 58.6 Å². The highest BCUT2D eigenvalue weighted by Gasteiger charge is 2.14. The van der Waals surface area contributed by atoms with Gasteiger partial charge in [0.2, 0.25) is 0 Å². The van der Waals surface area contributed by atoms with E-state index in [0.29, 0.717) is 17.9 Å². The molecule has 0 bridgehead atoms. The SMILES string of the molecule is CCNC(=O)COc1c(C(C)O)ccc2ccccc12. The lowest BCUT2D eigenvalue weighted by Crippen LogP contribution is -2.28. The number of rotatable bonds is 5. The first-order valence-corrected chi connectivity index (χ1v) is 6.72. The first-order chi connectivity index (χ1) is 9.63. The molecule has 4 heteroatoms. The van der Waals surface area contributed by atoms with Crippen LogP contribution in [0, 0.1) is 0 Å². The number of likely N-dealkylation sites (N-methyl/N-ethyl adjacent to an activating group) is 1. The molecule has 1 unspecified atom stereocenters. The molecule has 1 amide bonds. The molecule has 0 aromatic heterocycles. The summed E-state index contributed by atoms with van der Waals surface area (Å²) in [4.78, 5) is 11.5. The van der Waals surface area contributed by atoms with E-state index in [1.165, 1.54) is 0 Å². The summed E-state index contributed by atoms with van der Waals surface area (Å²) in [5.74, 6) is 0.404. The maximum absolute atomic E-state index is 11.5. The summed E-state index contributed by atoms with van der Waals surface area (Å²) in [5, 5.41) is 14.5. The molecule has 0 fully saturated rings. The van der Waals surface area contributed by atoms with E-state index in [1.54, 1.807) is 6.92 Å². The Bertz CT molecular complexity index is 608. The van der Waals surface area contributed by atoms with Gasteiger partial charge < -0.3 is 15.2 Å². The Morgan fingerprint density at radius 3 is 2.75 bits per heavy atom. The standard InChI is InChI=1S/C16H19NO3/c1-3-17-15(19)10-20-16-13(11(2)18)9-8-12-6-4-5-7-14(12)16/h4-9,11,18H,3,10H2,1-2H3,(H,17,19). The van der Waals surface area contributed by atoms with E-state index in [1.807, 2.05) is 43.3 Å². The molecule has 0 radical (unpaired) electrons. The van der Waals surface area contributed by atoms with Crippen LogP contribution in [0.3, 0.4) is 0 Å². The molecule has 2 N–H and O–H groups in total. The number of aliphatic hydroxyl groups excluding tert-OH is 1. The molecule has 1 atom stereocenters. The third kappa shape index (κ3) is 3.08. The van der Waals surface area contributed by atoms with Crippen LogP contribution in [0.5, 0.6) is 5.75 Å². The molecule has 0 aliphatic rings. The zero-order chi connectivity index (χ0) is 14.5. The van der Waals surface area contributed by atoms with Crippen molar-refractivity contribution in [2.24, 2.45) is 0 Å². The summed E-state index contributed by atoms with van der Waals surface area (Å²) in [6.45, 7) is 4.06. The fraction of sp³-hybridized carbons (Fsp3) is 0.312. The fourth-order valence-corrected chi connectivity index (χ4v) is 2.14. The van der Waals surface area contributed by atoms with E-state index >= 15 is 0 Å². The normalized spacial score (nSPS) is 12.2. The average Bonchev–Trinajstić information content (AvgIpc) is 2.44. The highest BCUT2D eigenvalue weighted by Crippen LogP contribution is 2.33. The number of carbonyl (C=O) groups is 1. The molecule has 0 saturated heterocycles. The molecule has 0 spiro atoms. The van der Waals surface area contributed by atoms with Crippen LogP contribution in [-0.2, 0) is 4.79 Å². The monoisotopic (exact) mass is 273 g/mol. The van der Waals surface area contributed by atoms with Gasteiger partial charge in [-0.1, -0.05) is 36.4 Å². The second-order valence-corrected chi connectivity index (χ2v) is 4.62. The van der Waals surface area contributed by atoms with Gasteiger partial charge in [0.25, 0.3) is 5.91 Å². The van der Waals surface area contributed by atoms with E-state index in [4.69, 9.17) is 4.74 Å². The second kappa shape index (κ2) is 6.39. The minimum absolute atomic E-state index is 0.0540. The lowest BCUT2D eigenvalue weighted by atomic mass is 10.0. The fourth-order valence-electron chi connectivity index (χ4n) is 2.14. The van der Waals surface area contributed by atoms with Crippen molar-refractivity contribution in [1.82, 2.24) is 5.32 Å². The number of benzene rings is 2. The Balaban J connectivity index is 2.37. The molecule has 0 heterocycles. The van der Waals surface area contributed by atoms with Crippen molar-refractivity contribution in [2.45, 2.75) is 20.0 Å². The summed E-state index contributed by atoms with van der Waals surface area (Å²) < 4.78 is 5.65. The van der Waals surface area contributed by atoms with Gasteiger partial charge in [0.05, 0.1) is 6.10 Å². The van der Waals surface area contributed by atoms with Crippen LogP contribution in [0.2, 0.25) is 0 Å². The average molecular weight is 273 g/mol. The van der Waals surface area contributed by atoms with Crippen LogP contribution in [0.1, 0.15) is 25.5 Å². The van der Waals surface area contributed by atoms with Crippen molar-refractivity contribution in [3.05, 3.63) is 42.0 Å². The molecule has 4 nitrogen and oxygen atoms in total. The van der Waals surface area contributed by atoms with Crippen molar-refractivity contribution in [3.8, 4) is 5.75 Å². The number of carbonyl (C=O) groups excluding carboxylic acids is 1. The highest BCUT2D eigenvalue weighted by molar-refractivity contribution is 5.90. The first-order valence-electron chi connectivity index (χ1n) is 6.72. The lowest BCUT2D eigenvalue weighted by molar-refractivity contribution is -0.122. The molecule has 2 aromatic carbocycles. The summed E-state index contributed by atoms with van der Waals surface area (Å²) in [6.07, 6.45) is -0.649. The van der Waals surface area contributed by atoms with Gasteiger partial charge in [-0.25, -0.2) is 0 Å². The molecule has 2 aromatic rings. The minimum Gasteiger partial charge on any atom is -0.483 e. The van der Waals surface area contributed by atoms with Gasteiger partial charge in [0.15, 0.2) is 6.61 Å². The van der Waals surface area contributed by atoms with Crippen LogP contribution < -0.4 is 10.1 Å². The van der Waals surface area contributed by atoms with Crippen molar-refractivity contribution in [3.63, 3.8) is 0 Å². The van der Waals surface area contributed by atoms with Gasteiger partial charge in [-0.3, -0.25) is 4.79 Å². The van der Waals surface area contributed by atoms with E-state index in [9.17, 15) is 9.90 Å². The summed E-state index contributed by atoms with van der Waals surface area (Å²) >= 11 is 0. The number of hydrogen-bond donors (Lipinski definition) is 2. The molecule has 0 aliphatic heterocycles. The van der Waals surface area contributed by atoms with Gasteiger partial charge in [-0.2, -0.15) is 0 Å². The quantitative estimate of drug-likeness (QED) is 0.879. The van der Waals surface area contributed by atoms with Gasteiger partial charge in [0.1, 0.15) is 5.75 Å². The zero-order valence-electron chi connectivity index (χ0n) is 11.7. The van der Waals surface area contributed by atoms with Crippen molar-refractivity contribution >= 4 is 16.7 Å². The van der Waals surface area contributed by atoms with Crippen LogP contribution in [-0.4, -0.2) is 24.2 Å². The van der Waals surface area contributed by atoms with Crippen molar-refractivity contribution < 1.29 is 14.6 Å². The highest BCUT2D eigenvalue weighted by atomic mass is 16.5. The number of aliphatic hydroxyl groups is 1. The largest absolute Gasteiger partial charge is 0.483 e. The number of nitrogens with one attached hydrogen (secondary N) is 1. The first kappa shape index (κ1) is 14.3. The number of ether oxygens (including phenoxy) is 1. The van der Waals surface area contributed by atoms with Crippen LogP contribution in [0.4, 0.5) is 0 Å². The third-order valence-corrected chi connectivity index (χ3v) is 3.08. The molecular weight excluding hydrogens is 254 g/mol. The zero-order valence-corrected chi connectivity index (χ0v) is 11.7. The lowest BCUT2D eigenvalue weighted by Gasteiger charge is -2.16. The molecular formula is C16H19NO3. The van der Waals surface area contributed by atoms with Gasteiger partial charge in [-0.15, -0.1) is 0 Å². The van der Waals surface area contributed by atoms with Crippen LogP contribution >= 0.6 is 0 Å². The van der Waals surface area contributed by atoms with Crippen LogP contribution in [0.25, 0.3) is 10.8 Å². The number of fused-ring (bicyclic) bond motifs is 1. The predicted octanol–water partition coefficient (Wildman–Crippen LogP) is 2.41. The smallest absolute Gasteiger partial charge is 0.257 e. The van der Waals surface area contributed by atoms with E-state index in [0.717, 1.165) is 10.8 Å². The number of hydrogen-bond acceptors (Lipinski definition) is 3. The van der Waals surface area contributed by atoms with Gasteiger partial charge in [-0.05, 0) is 19.2 Å². The molecule has 0 aliphatic carbocycles. The third-order valence-electron chi connectivity index (χ3n) is 3.08. The summed E-state index contributed by atoms with van der Waals surface area (Å²) in [7, 11) is 0. The Morgan fingerprint density at radius 1 is 1.30 bits per heavy atom. The van der Waals surface area contributed by atoms with Crippen molar-refractivity contribution in [2.75, 3.05) is 13.2 Å². The minimum atomic E-state index is -0.649. The van der Waals surface area contributed by atoms with E-state index < -0.39 is 6.10 Å². The Hall–Kier alpha value is -2.07. The Kier molecular flexibility index (Phi) is 4.58. The van der Waals surface area contributed by atoms with E-state index in [-0.39, 0.29) is 12.5 Å². The molecule has 0 saturated carbocycles. The molecule has 106 valence electrons. The Labute approximate surface area is 118 Å². The molecule has 20 heavy (non-hydrogen) atoms. The van der Waals surface area contributed by atoms with Crippen LogP contribution in [0.15, 0.2) is 36.4 Å². The second-order valence-electron chi connectivity index (χ2n) is 4.62. The number of amides is 1. The maximum Gasteiger partial charge on any atom is 0.257 e. The van der Waals surface area contributed by atoms with Gasteiger partial charge >= 0.3 is 0 Å². The summed E-state index contributed by atoms with van der Waals surface area (Å²) in [6, 6.07) is 11.5.